The summed E-state index contributed by atoms with van der Waals surface area (Å²) in [5, 5.41) is 20.2. The summed E-state index contributed by atoms with van der Waals surface area (Å²) in [7, 11) is 0. The highest BCUT2D eigenvalue weighted by Crippen LogP contribution is 2.29. The lowest BCUT2D eigenvalue weighted by Crippen LogP contribution is -2.04. The minimum Gasteiger partial charge on any atom is -0.276 e. The second-order valence-electron chi connectivity index (χ2n) is 4.41. The lowest BCUT2D eigenvalue weighted by atomic mass is 10.2. The van der Waals surface area contributed by atoms with Gasteiger partial charge in [0.1, 0.15) is 6.07 Å². The van der Waals surface area contributed by atoms with Gasteiger partial charge in [0.25, 0.3) is 5.84 Å². The number of azo groups is 1. The average Bonchev–Trinajstić information content (AvgIpc) is 2.55. The molecule has 2 aromatic rings. The summed E-state index contributed by atoms with van der Waals surface area (Å²) >= 11 is 3.28. The standard InChI is InChI=1S/C15H9BrF3N5/c16-11-2-1-3-13(8-11)22-24-14(9-20)23-21-12-6-4-10(5-7-12)15(17,18)19/h1-8,21H/b23-14+,24-22+. The molecule has 1 N–H and O–H groups in total. The van der Waals surface area contributed by atoms with Crippen molar-refractivity contribution in [1.29, 1.82) is 5.26 Å². The van der Waals surface area contributed by atoms with E-state index in [9.17, 15) is 13.2 Å². The van der Waals surface area contributed by atoms with Crippen LogP contribution in [0.3, 0.4) is 0 Å². The van der Waals surface area contributed by atoms with Gasteiger partial charge in [0, 0.05) is 4.47 Å². The minimum atomic E-state index is -4.40. The molecule has 24 heavy (non-hydrogen) atoms. The molecule has 0 saturated carbocycles. The molecule has 0 aliphatic rings. The number of alkyl halides is 3. The van der Waals surface area contributed by atoms with Crippen molar-refractivity contribution in [2.75, 3.05) is 5.43 Å². The summed E-state index contributed by atoms with van der Waals surface area (Å²) in [6.07, 6.45) is -4.40. The van der Waals surface area contributed by atoms with Crippen molar-refractivity contribution in [3.8, 4) is 6.07 Å². The van der Waals surface area contributed by atoms with Crippen molar-refractivity contribution in [3.05, 3.63) is 58.6 Å². The van der Waals surface area contributed by atoms with Crippen LogP contribution in [-0.2, 0) is 6.18 Å². The van der Waals surface area contributed by atoms with E-state index in [-0.39, 0.29) is 11.5 Å². The average molecular weight is 396 g/mol. The first kappa shape index (κ1) is 17.6. The topological polar surface area (TPSA) is 72.9 Å². The third kappa shape index (κ3) is 5.17. The van der Waals surface area contributed by atoms with Crippen molar-refractivity contribution in [3.63, 3.8) is 0 Å². The summed E-state index contributed by atoms with van der Waals surface area (Å²) in [4.78, 5) is 0. The van der Waals surface area contributed by atoms with Crippen molar-refractivity contribution in [1.82, 2.24) is 0 Å². The molecule has 122 valence electrons. The Morgan fingerprint density at radius 3 is 2.42 bits per heavy atom. The Morgan fingerprint density at radius 2 is 1.83 bits per heavy atom. The van der Waals surface area contributed by atoms with Crippen LogP contribution >= 0.6 is 15.9 Å². The van der Waals surface area contributed by atoms with E-state index in [2.05, 4.69) is 36.7 Å². The molecule has 0 fully saturated rings. The van der Waals surface area contributed by atoms with Gasteiger partial charge in [0.2, 0.25) is 0 Å². The summed E-state index contributed by atoms with van der Waals surface area (Å²) in [5.41, 5.74) is 2.49. The molecule has 0 radical (unpaired) electrons. The van der Waals surface area contributed by atoms with E-state index in [0.29, 0.717) is 5.69 Å². The van der Waals surface area contributed by atoms with Gasteiger partial charge < -0.3 is 0 Å². The predicted molar refractivity (Wildman–Crippen MR) is 86.8 cm³/mol. The smallest absolute Gasteiger partial charge is 0.276 e. The van der Waals surface area contributed by atoms with E-state index in [0.717, 1.165) is 16.6 Å². The number of nitrogens with one attached hydrogen (secondary N) is 1. The zero-order valence-corrected chi connectivity index (χ0v) is 13.5. The molecule has 9 heteroatoms. The van der Waals surface area contributed by atoms with E-state index in [1.54, 1.807) is 24.3 Å². The molecule has 0 spiro atoms. The van der Waals surface area contributed by atoms with Crippen LogP contribution in [0.5, 0.6) is 0 Å². The quantitative estimate of drug-likeness (QED) is 0.322. The van der Waals surface area contributed by atoms with Crippen molar-refractivity contribution < 1.29 is 13.2 Å². The number of hydrogen-bond acceptors (Lipinski definition) is 4. The summed E-state index contributed by atoms with van der Waals surface area (Å²) in [5.74, 6) is -0.269. The summed E-state index contributed by atoms with van der Waals surface area (Å²) in [6, 6.07) is 12.9. The maximum Gasteiger partial charge on any atom is 0.416 e. The second-order valence-corrected chi connectivity index (χ2v) is 5.33. The monoisotopic (exact) mass is 395 g/mol. The van der Waals surface area contributed by atoms with Gasteiger partial charge in [0.15, 0.2) is 0 Å². The molecular formula is C15H9BrF3N5. The largest absolute Gasteiger partial charge is 0.416 e. The Morgan fingerprint density at radius 1 is 1.12 bits per heavy atom. The number of amidine groups is 1. The normalized spacial score (nSPS) is 12.2. The van der Waals surface area contributed by atoms with Gasteiger partial charge in [-0.1, -0.05) is 22.0 Å². The van der Waals surface area contributed by atoms with Crippen LogP contribution in [-0.4, -0.2) is 5.84 Å². The maximum absolute atomic E-state index is 12.5. The second kappa shape index (κ2) is 7.70. The molecule has 0 saturated heterocycles. The molecule has 2 rings (SSSR count). The molecule has 0 atom stereocenters. The number of rotatable bonds is 3. The van der Waals surface area contributed by atoms with Gasteiger partial charge in [-0.2, -0.15) is 18.4 Å². The molecule has 2 aromatic carbocycles. The number of halogens is 4. The minimum absolute atomic E-state index is 0.269. The molecule has 0 aliphatic heterocycles. The molecule has 5 nitrogen and oxygen atoms in total. The fourth-order valence-electron chi connectivity index (χ4n) is 1.56. The van der Waals surface area contributed by atoms with Crippen LogP contribution < -0.4 is 5.43 Å². The van der Waals surface area contributed by atoms with E-state index >= 15 is 0 Å². The lowest BCUT2D eigenvalue weighted by molar-refractivity contribution is -0.137. The SMILES string of the molecule is N#CC(/N=N/c1cccc(Br)c1)=N\Nc1ccc(C(F)(F)F)cc1. The predicted octanol–water partition coefficient (Wildman–Crippen LogP) is 5.50. The Balaban J connectivity index is 2.07. The summed E-state index contributed by atoms with van der Waals surface area (Å²) < 4.78 is 38.2. The number of benzene rings is 2. The Hall–Kier alpha value is -2.73. The lowest BCUT2D eigenvalue weighted by Gasteiger charge is -2.06. The molecular weight excluding hydrogens is 387 g/mol. The van der Waals surface area contributed by atoms with Crippen LogP contribution in [0.1, 0.15) is 5.56 Å². The van der Waals surface area contributed by atoms with Crippen LogP contribution in [0.15, 0.2) is 68.3 Å². The number of nitriles is 1. The first-order chi connectivity index (χ1) is 11.4. The number of anilines is 1. The van der Waals surface area contributed by atoms with Crippen LogP contribution in [0.25, 0.3) is 0 Å². The van der Waals surface area contributed by atoms with Crippen molar-refractivity contribution >= 4 is 33.1 Å². The van der Waals surface area contributed by atoms with Gasteiger partial charge in [0.05, 0.1) is 16.9 Å². The zero-order valence-electron chi connectivity index (χ0n) is 11.9. The van der Waals surface area contributed by atoms with Crippen LogP contribution in [0.2, 0.25) is 0 Å². The van der Waals surface area contributed by atoms with Gasteiger partial charge in [-0.05, 0) is 42.5 Å². The molecule has 0 heterocycles. The van der Waals surface area contributed by atoms with E-state index < -0.39 is 11.7 Å². The molecule has 0 aliphatic carbocycles. The highest BCUT2D eigenvalue weighted by molar-refractivity contribution is 9.10. The fourth-order valence-corrected chi connectivity index (χ4v) is 1.95. The summed E-state index contributed by atoms with van der Waals surface area (Å²) in [6.45, 7) is 0. The van der Waals surface area contributed by atoms with E-state index in [4.69, 9.17) is 5.26 Å². The first-order valence-corrected chi connectivity index (χ1v) is 7.26. The Labute approximate surface area is 143 Å². The third-order valence-corrected chi connectivity index (χ3v) is 3.16. The molecule has 0 aromatic heterocycles. The van der Waals surface area contributed by atoms with Gasteiger partial charge in [-0.25, -0.2) is 0 Å². The molecule has 0 amide bonds. The third-order valence-electron chi connectivity index (χ3n) is 2.67. The number of hydrogen-bond donors (Lipinski definition) is 1. The fraction of sp³-hybridized carbons (Fsp3) is 0.0667. The van der Waals surface area contributed by atoms with Crippen molar-refractivity contribution in [2.24, 2.45) is 15.3 Å². The van der Waals surface area contributed by atoms with Gasteiger partial charge in [-0.3, -0.25) is 5.43 Å². The zero-order chi connectivity index (χ0) is 17.6. The maximum atomic E-state index is 12.5. The molecule has 0 bridgehead atoms. The van der Waals surface area contributed by atoms with E-state index in [1.165, 1.54) is 12.1 Å². The van der Waals surface area contributed by atoms with Gasteiger partial charge in [-0.15, -0.1) is 15.3 Å². The highest BCUT2D eigenvalue weighted by atomic mass is 79.9. The van der Waals surface area contributed by atoms with Crippen LogP contribution in [0, 0.1) is 11.3 Å². The first-order valence-electron chi connectivity index (χ1n) is 6.47. The van der Waals surface area contributed by atoms with Crippen molar-refractivity contribution in [2.45, 2.75) is 6.18 Å². The van der Waals surface area contributed by atoms with E-state index in [1.807, 2.05) is 6.07 Å². The van der Waals surface area contributed by atoms with Gasteiger partial charge >= 0.3 is 6.18 Å². The molecule has 0 unspecified atom stereocenters. The Kier molecular flexibility index (Phi) is 5.65. The number of nitrogens with zero attached hydrogens (tertiary/aromatic N) is 4. The number of hydrazone groups is 1. The van der Waals surface area contributed by atoms with Crippen LogP contribution in [0.4, 0.5) is 24.5 Å². The Bertz CT molecular complexity index is 807. The highest BCUT2D eigenvalue weighted by Gasteiger charge is 2.29.